The normalized spacial score (nSPS) is 24.5. The SMILES string of the molecule is CN1C2CCC1CC(N1CCN(C(=O)[C@@H](Cc3cc(Cl)c(N)c(C(F)(F)F)c3)OC(=O)N3CCC(n4c(=O)[nH]c5ccccc54)CC3)CC1)C2. The average Bonchev–Trinajstić information content (AvgIpc) is 3.51. The molecule has 50 heavy (non-hydrogen) atoms. The molecule has 0 saturated carbocycles. The number of hydrogen-bond donors (Lipinski definition) is 2. The Bertz CT molecular complexity index is 1780. The molecule has 270 valence electrons. The molecule has 3 aromatic rings. The zero-order valence-electron chi connectivity index (χ0n) is 28.0. The number of anilines is 1. The number of piperidine rings is 2. The standard InChI is InChI=1S/C35H43ClF3N7O4/c1-42-23-6-7-24(42)20-25(19-23)43-12-14-44(15-13-43)32(47)30(18-21-16-26(35(37,38)39)31(40)27(36)17-21)50-34(49)45-10-8-22(9-11-45)46-29-5-3-2-4-28(29)41-33(46)48/h2-5,16-17,22-25,30H,6-15,18-20,40H2,1H3,(H,41,48)/t23?,24?,25?,30-/m1/s1. The molecule has 11 nitrogen and oxygen atoms in total. The number of carbonyl (C=O) groups is 2. The Kier molecular flexibility index (Phi) is 9.54. The van der Waals surface area contributed by atoms with Crippen molar-refractivity contribution >= 4 is 40.3 Å². The number of nitrogens with one attached hydrogen (secondary N) is 1. The lowest BCUT2D eigenvalue weighted by atomic mass is 9.96. The Morgan fingerprint density at radius 3 is 2.26 bits per heavy atom. The van der Waals surface area contributed by atoms with E-state index in [-0.39, 0.29) is 41.8 Å². The predicted molar refractivity (Wildman–Crippen MR) is 183 cm³/mol. The number of carbonyl (C=O) groups excluding carboxylic acids is 2. The van der Waals surface area contributed by atoms with Gasteiger partial charge in [-0.25, -0.2) is 9.59 Å². The lowest BCUT2D eigenvalue weighted by molar-refractivity contribution is -0.143. The molecule has 0 spiro atoms. The van der Waals surface area contributed by atoms with E-state index in [0.717, 1.165) is 29.9 Å². The zero-order valence-corrected chi connectivity index (χ0v) is 28.8. The summed E-state index contributed by atoms with van der Waals surface area (Å²) in [6, 6.07) is 11.1. The Labute approximate surface area is 293 Å². The van der Waals surface area contributed by atoms with E-state index in [9.17, 15) is 27.6 Å². The van der Waals surface area contributed by atoms with Crippen molar-refractivity contribution in [3.8, 4) is 0 Å². The third-order valence-electron chi connectivity index (χ3n) is 11.4. The van der Waals surface area contributed by atoms with Gasteiger partial charge in [0.05, 0.1) is 27.3 Å². The van der Waals surface area contributed by atoms with Crippen LogP contribution in [0.25, 0.3) is 11.0 Å². The predicted octanol–water partition coefficient (Wildman–Crippen LogP) is 4.74. The third-order valence-corrected chi connectivity index (χ3v) is 11.7. The molecule has 4 saturated heterocycles. The van der Waals surface area contributed by atoms with E-state index in [4.69, 9.17) is 22.1 Å². The lowest BCUT2D eigenvalue weighted by Crippen LogP contribution is -2.57. The maximum Gasteiger partial charge on any atom is 0.418 e. The van der Waals surface area contributed by atoms with Crippen molar-refractivity contribution < 1.29 is 27.5 Å². The van der Waals surface area contributed by atoms with Gasteiger partial charge in [0.1, 0.15) is 0 Å². The number of amides is 2. The Hall–Kier alpha value is -3.75. The highest BCUT2D eigenvalue weighted by molar-refractivity contribution is 6.33. The second kappa shape index (κ2) is 13.8. The maximum atomic E-state index is 14.0. The van der Waals surface area contributed by atoms with E-state index in [1.807, 2.05) is 24.3 Å². The number of halogens is 4. The number of rotatable bonds is 6. The number of benzene rings is 2. The average molecular weight is 718 g/mol. The summed E-state index contributed by atoms with van der Waals surface area (Å²) in [6.07, 6.45) is -1.56. The highest BCUT2D eigenvalue weighted by Crippen LogP contribution is 2.39. The van der Waals surface area contributed by atoms with Crippen molar-refractivity contribution in [2.45, 2.75) is 81.4 Å². The van der Waals surface area contributed by atoms with Crippen LogP contribution in [0, 0.1) is 0 Å². The van der Waals surface area contributed by atoms with Gasteiger partial charge in [0.15, 0.2) is 6.10 Å². The Morgan fingerprint density at radius 2 is 1.60 bits per heavy atom. The van der Waals surface area contributed by atoms with Gasteiger partial charge in [-0.15, -0.1) is 0 Å². The molecule has 4 aliphatic heterocycles. The van der Waals surface area contributed by atoms with Gasteiger partial charge in [-0.05, 0) is 75.4 Å². The van der Waals surface area contributed by atoms with Crippen LogP contribution in [0.4, 0.5) is 23.7 Å². The maximum absolute atomic E-state index is 14.0. The number of nitrogens with two attached hydrogens (primary N) is 1. The number of aromatic nitrogens is 2. The number of fused-ring (bicyclic) bond motifs is 3. The number of alkyl halides is 3. The second-order valence-electron chi connectivity index (χ2n) is 14.2. The number of piperazine rings is 1. The van der Waals surface area contributed by atoms with Crippen molar-refractivity contribution in [1.29, 1.82) is 0 Å². The number of nitrogen functional groups attached to an aromatic ring is 1. The van der Waals surface area contributed by atoms with E-state index in [2.05, 4.69) is 21.8 Å². The molecular formula is C35H43ClF3N7O4. The molecule has 2 amide bonds. The van der Waals surface area contributed by atoms with E-state index in [1.54, 1.807) is 9.47 Å². The molecule has 2 aromatic carbocycles. The van der Waals surface area contributed by atoms with Crippen LogP contribution in [0.5, 0.6) is 0 Å². The first kappa shape index (κ1) is 34.7. The Morgan fingerprint density at radius 1 is 0.940 bits per heavy atom. The van der Waals surface area contributed by atoms with Gasteiger partial charge >= 0.3 is 18.0 Å². The summed E-state index contributed by atoms with van der Waals surface area (Å²) >= 11 is 6.12. The smallest absolute Gasteiger partial charge is 0.418 e. The molecule has 1 aromatic heterocycles. The first-order valence-electron chi connectivity index (χ1n) is 17.4. The van der Waals surface area contributed by atoms with Crippen LogP contribution in [0.1, 0.15) is 55.7 Å². The fourth-order valence-corrected chi connectivity index (χ4v) is 8.79. The van der Waals surface area contributed by atoms with Crippen LogP contribution in [-0.4, -0.2) is 112 Å². The quantitative estimate of drug-likeness (QED) is 0.354. The van der Waals surface area contributed by atoms with Crippen LogP contribution in [0.3, 0.4) is 0 Å². The third kappa shape index (κ3) is 6.81. The van der Waals surface area contributed by atoms with Gasteiger partial charge in [-0.1, -0.05) is 23.7 Å². The minimum atomic E-state index is -4.76. The first-order valence-corrected chi connectivity index (χ1v) is 17.8. The summed E-state index contributed by atoms with van der Waals surface area (Å²) in [4.78, 5) is 51.3. The summed E-state index contributed by atoms with van der Waals surface area (Å²) in [7, 11) is 2.20. The van der Waals surface area contributed by atoms with Crippen LogP contribution >= 0.6 is 11.6 Å². The molecular weight excluding hydrogens is 675 g/mol. The number of para-hydroxylation sites is 2. The van der Waals surface area contributed by atoms with Crippen LogP contribution < -0.4 is 11.4 Å². The van der Waals surface area contributed by atoms with Crippen molar-refractivity contribution in [2.75, 3.05) is 52.0 Å². The van der Waals surface area contributed by atoms with Crippen LogP contribution in [-0.2, 0) is 22.1 Å². The molecule has 2 unspecified atom stereocenters. The zero-order chi connectivity index (χ0) is 35.3. The second-order valence-corrected chi connectivity index (χ2v) is 14.6. The van der Waals surface area contributed by atoms with E-state index in [0.29, 0.717) is 57.1 Å². The molecule has 0 aliphatic carbocycles. The molecule has 5 heterocycles. The largest absolute Gasteiger partial charge is 0.436 e. The van der Waals surface area contributed by atoms with E-state index < -0.39 is 35.5 Å². The Balaban J connectivity index is 1.05. The minimum absolute atomic E-state index is 0.0838. The van der Waals surface area contributed by atoms with Gasteiger partial charge in [0.2, 0.25) is 0 Å². The summed E-state index contributed by atoms with van der Waals surface area (Å²) in [5.41, 5.74) is 5.34. The molecule has 3 N–H and O–H groups in total. The van der Waals surface area contributed by atoms with Crippen molar-refractivity contribution in [2.24, 2.45) is 0 Å². The highest BCUT2D eigenvalue weighted by Gasteiger charge is 2.42. The van der Waals surface area contributed by atoms with Gasteiger partial charge in [0.25, 0.3) is 5.91 Å². The number of hydrogen-bond acceptors (Lipinski definition) is 7. The first-order chi connectivity index (χ1) is 23.9. The topological polar surface area (TPSA) is 120 Å². The van der Waals surface area contributed by atoms with Gasteiger partial charge in [0, 0.05) is 69.9 Å². The van der Waals surface area contributed by atoms with Crippen LogP contribution in [0.15, 0.2) is 41.2 Å². The molecule has 4 fully saturated rings. The molecule has 3 atom stereocenters. The number of nitrogens with zero attached hydrogens (tertiary/aromatic N) is 5. The fraction of sp³-hybridized carbons (Fsp3) is 0.571. The summed E-state index contributed by atoms with van der Waals surface area (Å²) in [5.74, 6) is -0.455. The highest BCUT2D eigenvalue weighted by atomic mass is 35.5. The van der Waals surface area contributed by atoms with Crippen molar-refractivity contribution in [3.05, 3.63) is 63.0 Å². The van der Waals surface area contributed by atoms with Crippen molar-refractivity contribution in [3.63, 3.8) is 0 Å². The number of likely N-dealkylation sites (tertiary alicyclic amines) is 1. The molecule has 0 radical (unpaired) electrons. The van der Waals surface area contributed by atoms with Crippen molar-refractivity contribution in [1.82, 2.24) is 29.2 Å². The minimum Gasteiger partial charge on any atom is -0.436 e. The molecule has 4 aliphatic rings. The van der Waals surface area contributed by atoms with E-state index >= 15 is 0 Å². The summed E-state index contributed by atoms with van der Waals surface area (Å²) in [6.45, 7) is 2.75. The number of H-pyrrole nitrogens is 1. The van der Waals surface area contributed by atoms with Gasteiger partial charge in [-0.2, -0.15) is 13.2 Å². The number of aromatic amines is 1. The van der Waals surface area contributed by atoms with Crippen LogP contribution in [0.2, 0.25) is 5.02 Å². The van der Waals surface area contributed by atoms with E-state index in [1.165, 1.54) is 23.8 Å². The number of imidazole rings is 1. The number of ether oxygens (including phenoxy) is 1. The lowest BCUT2D eigenvalue weighted by Gasteiger charge is -2.45. The monoisotopic (exact) mass is 717 g/mol. The van der Waals surface area contributed by atoms with Gasteiger partial charge in [-0.3, -0.25) is 14.3 Å². The molecule has 2 bridgehead atoms. The molecule has 7 rings (SSSR count). The fourth-order valence-electron chi connectivity index (χ4n) is 8.55. The summed E-state index contributed by atoms with van der Waals surface area (Å²) < 4.78 is 49.0. The van der Waals surface area contributed by atoms with Gasteiger partial charge < -0.3 is 30.2 Å². The molecule has 15 heteroatoms. The summed E-state index contributed by atoms with van der Waals surface area (Å²) in [5, 5.41) is -0.289.